The maximum Gasteiger partial charge on any atom is 0.250 e. The van der Waals surface area contributed by atoms with Crippen molar-refractivity contribution in [2.24, 2.45) is 0 Å². The standard InChI is InChI=1S/C16H19NO8/c18-8-16(24)13(22)11(20)15(12(21)14(16)23)6-10(19)17(15)25-7-9-4-2-1-3-5-9/h1-5,11,13-14,18,20,22-24H,6-8H2/t11-,13+,14-,15+,16-/m1/s1. The molecule has 1 spiro atoms. The number of ketones is 1. The second kappa shape index (κ2) is 6.13. The molecular weight excluding hydrogens is 334 g/mol. The minimum Gasteiger partial charge on any atom is -0.393 e. The van der Waals surface area contributed by atoms with Crippen LogP contribution in [0, 0.1) is 0 Å². The fourth-order valence-corrected chi connectivity index (χ4v) is 3.30. The van der Waals surface area contributed by atoms with Crippen LogP contribution in [-0.2, 0) is 21.0 Å². The van der Waals surface area contributed by atoms with E-state index in [1.165, 1.54) is 0 Å². The number of nitrogens with zero attached hydrogens (tertiary/aromatic N) is 1. The van der Waals surface area contributed by atoms with Gasteiger partial charge in [0.15, 0.2) is 11.3 Å². The van der Waals surface area contributed by atoms with Gasteiger partial charge < -0.3 is 25.5 Å². The third kappa shape index (κ3) is 2.40. The molecular formula is C16H19NO8. The third-order valence-corrected chi connectivity index (χ3v) is 4.92. The lowest BCUT2D eigenvalue weighted by molar-refractivity contribution is -0.308. The molecule has 5 N–H and O–H groups in total. The molecule has 0 aromatic heterocycles. The summed E-state index contributed by atoms with van der Waals surface area (Å²) < 4.78 is 0. The van der Waals surface area contributed by atoms with Crippen LogP contribution in [0.3, 0.4) is 0 Å². The number of hydrogen-bond donors (Lipinski definition) is 5. The zero-order valence-corrected chi connectivity index (χ0v) is 13.1. The molecule has 2 fully saturated rings. The predicted molar refractivity (Wildman–Crippen MR) is 80.5 cm³/mol. The molecule has 1 aliphatic carbocycles. The molecule has 3 rings (SSSR count). The van der Waals surface area contributed by atoms with E-state index in [0.717, 1.165) is 0 Å². The molecule has 2 aliphatic rings. The summed E-state index contributed by atoms with van der Waals surface area (Å²) in [7, 11) is 0. The number of hydroxylamine groups is 2. The molecule has 9 heteroatoms. The molecule has 1 saturated heterocycles. The lowest BCUT2D eigenvalue weighted by Crippen LogP contribution is -2.84. The number of hydrogen-bond acceptors (Lipinski definition) is 8. The van der Waals surface area contributed by atoms with E-state index in [0.29, 0.717) is 10.6 Å². The molecule has 1 aliphatic heterocycles. The Morgan fingerprint density at radius 2 is 1.76 bits per heavy atom. The monoisotopic (exact) mass is 353 g/mol. The first-order valence-corrected chi connectivity index (χ1v) is 7.70. The average molecular weight is 353 g/mol. The van der Waals surface area contributed by atoms with Crippen molar-refractivity contribution >= 4 is 11.7 Å². The quantitative estimate of drug-likeness (QED) is 0.373. The second-order valence-electron chi connectivity index (χ2n) is 6.35. The van der Waals surface area contributed by atoms with Crippen molar-refractivity contribution in [3.05, 3.63) is 35.9 Å². The Balaban J connectivity index is 1.86. The first-order chi connectivity index (χ1) is 11.8. The number of benzene rings is 1. The Morgan fingerprint density at radius 1 is 1.12 bits per heavy atom. The van der Waals surface area contributed by atoms with Gasteiger partial charge in [-0.3, -0.25) is 14.4 Å². The van der Waals surface area contributed by atoms with Gasteiger partial charge in [-0.1, -0.05) is 30.3 Å². The summed E-state index contributed by atoms with van der Waals surface area (Å²) in [6.07, 6.45) is -6.67. The first-order valence-electron chi connectivity index (χ1n) is 7.70. The molecule has 1 amide bonds. The number of β-lactam (4-membered cyclic amide) rings is 1. The number of carbonyl (C=O) groups is 2. The third-order valence-electron chi connectivity index (χ3n) is 4.92. The topological polar surface area (TPSA) is 148 Å². The van der Waals surface area contributed by atoms with Crippen LogP contribution in [0.1, 0.15) is 12.0 Å². The van der Waals surface area contributed by atoms with Crippen molar-refractivity contribution in [1.29, 1.82) is 0 Å². The number of amides is 1. The van der Waals surface area contributed by atoms with Gasteiger partial charge in [-0.15, -0.1) is 0 Å². The molecule has 0 bridgehead atoms. The number of rotatable bonds is 4. The lowest BCUT2D eigenvalue weighted by atomic mass is 9.63. The largest absolute Gasteiger partial charge is 0.393 e. The minimum absolute atomic E-state index is 0.0786. The highest BCUT2D eigenvalue weighted by molar-refractivity contribution is 6.05. The van der Waals surface area contributed by atoms with Gasteiger partial charge in [0, 0.05) is 0 Å². The maximum atomic E-state index is 12.6. The Morgan fingerprint density at radius 3 is 2.32 bits per heavy atom. The summed E-state index contributed by atoms with van der Waals surface area (Å²) in [5, 5.41) is 50.5. The van der Waals surface area contributed by atoms with Crippen LogP contribution < -0.4 is 0 Å². The van der Waals surface area contributed by atoms with Crippen molar-refractivity contribution in [1.82, 2.24) is 5.06 Å². The molecule has 1 aromatic carbocycles. The van der Waals surface area contributed by atoms with Gasteiger partial charge >= 0.3 is 0 Å². The van der Waals surface area contributed by atoms with Crippen molar-refractivity contribution in [3.8, 4) is 0 Å². The van der Waals surface area contributed by atoms with E-state index < -0.39 is 54.2 Å². The fourth-order valence-electron chi connectivity index (χ4n) is 3.30. The van der Waals surface area contributed by atoms with Crippen molar-refractivity contribution in [3.63, 3.8) is 0 Å². The van der Waals surface area contributed by atoms with Crippen LogP contribution in [0.25, 0.3) is 0 Å². The molecule has 25 heavy (non-hydrogen) atoms. The fraction of sp³-hybridized carbons (Fsp3) is 0.500. The van der Waals surface area contributed by atoms with Crippen molar-refractivity contribution < 1.29 is 40.0 Å². The SMILES string of the molecule is O=C1C[C@]2(C(=O)[C@@H](O)[C@@](O)(CO)[C@@H](O)[C@H]2O)N1OCc1ccccc1. The summed E-state index contributed by atoms with van der Waals surface area (Å²) in [6, 6.07) is 8.74. The van der Waals surface area contributed by atoms with Crippen molar-refractivity contribution in [2.75, 3.05) is 6.61 Å². The summed E-state index contributed by atoms with van der Waals surface area (Å²) in [4.78, 5) is 29.8. The molecule has 136 valence electrons. The summed E-state index contributed by atoms with van der Waals surface area (Å²) in [5.74, 6) is -1.72. The number of Topliss-reactive ketones (excluding diaryl/α,β-unsaturated/α-hetero) is 1. The molecule has 9 nitrogen and oxygen atoms in total. The highest BCUT2D eigenvalue weighted by Crippen LogP contribution is 2.45. The van der Waals surface area contributed by atoms with Crippen LogP contribution in [-0.4, -0.2) is 78.3 Å². The molecule has 1 saturated carbocycles. The minimum atomic E-state index is -2.62. The zero-order valence-electron chi connectivity index (χ0n) is 13.1. The van der Waals surface area contributed by atoms with E-state index >= 15 is 0 Å². The molecule has 1 heterocycles. The van der Waals surface area contributed by atoms with E-state index in [-0.39, 0.29) is 6.61 Å². The second-order valence-corrected chi connectivity index (χ2v) is 6.35. The Kier molecular flexibility index (Phi) is 4.40. The van der Waals surface area contributed by atoms with E-state index in [1.807, 2.05) is 0 Å². The molecule has 0 unspecified atom stereocenters. The average Bonchev–Trinajstić information content (AvgIpc) is 2.62. The van der Waals surface area contributed by atoms with Gasteiger partial charge in [0.1, 0.15) is 30.5 Å². The predicted octanol–water partition coefficient (Wildman–Crippen LogP) is -2.52. The van der Waals surface area contributed by atoms with Gasteiger partial charge in [0.2, 0.25) is 5.91 Å². The van der Waals surface area contributed by atoms with Gasteiger partial charge in [-0.2, -0.15) is 0 Å². The highest BCUT2D eigenvalue weighted by Gasteiger charge is 2.73. The van der Waals surface area contributed by atoms with Gasteiger partial charge in [-0.05, 0) is 5.56 Å². The Bertz CT molecular complexity index is 682. The van der Waals surface area contributed by atoms with Gasteiger partial charge in [0.25, 0.3) is 0 Å². The molecule has 5 atom stereocenters. The highest BCUT2D eigenvalue weighted by atomic mass is 16.7. The van der Waals surface area contributed by atoms with Crippen LogP contribution in [0.15, 0.2) is 30.3 Å². The molecule has 0 radical (unpaired) electrons. The smallest absolute Gasteiger partial charge is 0.250 e. The van der Waals surface area contributed by atoms with Gasteiger partial charge in [0.05, 0.1) is 13.0 Å². The number of aliphatic hydroxyl groups excluding tert-OH is 4. The van der Waals surface area contributed by atoms with Gasteiger partial charge in [-0.25, -0.2) is 5.06 Å². The normalized spacial score (nSPS) is 38.1. The van der Waals surface area contributed by atoms with Crippen LogP contribution in [0.4, 0.5) is 0 Å². The van der Waals surface area contributed by atoms with Crippen molar-refractivity contribution in [2.45, 2.75) is 42.5 Å². The lowest BCUT2D eigenvalue weighted by Gasteiger charge is -2.58. The van der Waals surface area contributed by atoms with Crippen LogP contribution >= 0.6 is 0 Å². The summed E-state index contributed by atoms with van der Waals surface area (Å²) in [5.41, 5.74) is -3.93. The van der Waals surface area contributed by atoms with E-state index in [9.17, 15) is 35.1 Å². The van der Waals surface area contributed by atoms with E-state index in [1.54, 1.807) is 30.3 Å². The van der Waals surface area contributed by atoms with Crippen LogP contribution in [0.2, 0.25) is 0 Å². The number of aliphatic hydroxyl groups is 5. The Labute approximate surface area is 142 Å². The van der Waals surface area contributed by atoms with E-state index in [2.05, 4.69) is 0 Å². The number of carbonyl (C=O) groups excluding carboxylic acids is 2. The summed E-state index contributed by atoms with van der Waals surface area (Å²) >= 11 is 0. The molecule has 1 aromatic rings. The first kappa shape index (κ1) is 17.9. The zero-order chi connectivity index (χ0) is 18.4. The maximum absolute atomic E-state index is 12.6. The van der Waals surface area contributed by atoms with Crippen LogP contribution in [0.5, 0.6) is 0 Å². The summed E-state index contributed by atoms with van der Waals surface area (Å²) in [6.45, 7) is -1.22. The Hall–Kier alpha value is -1.88. The van der Waals surface area contributed by atoms with E-state index in [4.69, 9.17) is 4.84 Å².